The van der Waals surface area contributed by atoms with Crippen molar-refractivity contribution in [2.45, 2.75) is 19.5 Å². The molecule has 0 bridgehead atoms. The molecule has 2 aromatic rings. The van der Waals surface area contributed by atoms with Gasteiger partial charge in [-0.1, -0.05) is 18.2 Å². The summed E-state index contributed by atoms with van der Waals surface area (Å²) in [5.74, 6) is 0.382. The summed E-state index contributed by atoms with van der Waals surface area (Å²) in [6.45, 7) is 5.78. The zero-order valence-corrected chi connectivity index (χ0v) is 14.6. The van der Waals surface area contributed by atoms with E-state index in [0.29, 0.717) is 12.3 Å². The van der Waals surface area contributed by atoms with Gasteiger partial charge in [0, 0.05) is 31.1 Å². The van der Waals surface area contributed by atoms with Crippen LogP contribution in [0.25, 0.3) is 0 Å². The number of amides is 1. The molecule has 1 aromatic heterocycles. The van der Waals surface area contributed by atoms with Crippen LogP contribution in [-0.4, -0.2) is 48.1 Å². The number of hydrogen-bond acceptors (Lipinski definition) is 5. The first-order valence-electron chi connectivity index (χ1n) is 8.22. The van der Waals surface area contributed by atoms with Crippen LogP contribution in [0, 0.1) is 0 Å². The van der Waals surface area contributed by atoms with E-state index in [4.69, 9.17) is 0 Å². The number of nitrogens with zero attached hydrogens (tertiary/aromatic N) is 2. The number of carbonyl (C=O) groups is 1. The van der Waals surface area contributed by atoms with Gasteiger partial charge >= 0.3 is 0 Å². The number of phenols is 1. The standard InChI is InChI=1S/C18H23N3O2S/c1-14(18(23)19-13-15-5-4-12-24-15)20-8-10-21(11-9-20)16-6-2-3-7-17(16)22/h2-7,12,14,22H,8-11,13H2,1H3,(H,19,23)/t14-/m0/s1. The van der Waals surface area contributed by atoms with Crippen LogP contribution in [0.1, 0.15) is 11.8 Å². The van der Waals surface area contributed by atoms with Gasteiger partial charge in [0.15, 0.2) is 0 Å². The topological polar surface area (TPSA) is 55.8 Å². The first-order valence-corrected chi connectivity index (χ1v) is 9.10. The molecule has 2 N–H and O–H groups in total. The molecule has 0 saturated carbocycles. The molecule has 1 amide bonds. The van der Waals surface area contributed by atoms with E-state index in [0.717, 1.165) is 31.9 Å². The predicted octanol–water partition coefficient (Wildman–Crippen LogP) is 2.28. The Labute approximate surface area is 146 Å². The van der Waals surface area contributed by atoms with E-state index in [1.807, 2.05) is 42.6 Å². The van der Waals surface area contributed by atoms with Crippen molar-refractivity contribution in [2.75, 3.05) is 31.1 Å². The largest absolute Gasteiger partial charge is 0.506 e. The fraction of sp³-hybridized carbons (Fsp3) is 0.389. The number of para-hydroxylation sites is 2. The molecule has 6 heteroatoms. The lowest BCUT2D eigenvalue weighted by Crippen LogP contribution is -2.53. The highest BCUT2D eigenvalue weighted by molar-refractivity contribution is 7.09. The van der Waals surface area contributed by atoms with E-state index in [1.54, 1.807) is 17.4 Å². The molecule has 3 rings (SSSR count). The molecule has 24 heavy (non-hydrogen) atoms. The molecular weight excluding hydrogens is 322 g/mol. The average molecular weight is 345 g/mol. The summed E-state index contributed by atoms with van der Waals surface area (Å²) in [6, 6.07) is 11.3. The van der Waals surface area contributed by atoms with Gasteiger partial charge in [0.1, 0.15) is 5.75 Å². The minimum Gasteiger partial charge on any atom is -0.506 e. The molecule has 2 heterocycles. The van der Waals surface area contributed by atoms with Crippen molar-refractivity contribution in [3.63, 3.8) is 0 Å². The number of piperazine rings is 1. The van der Waals surface area contributed by atoms with Crippen molar-refractivity contribution >= 4 is 22.9 Å². The van der Waals surface area contributed by atoms with E-state index in [-0.39, 0.29) is 11.9 Å². The zero-order chi connectivity index (χ0) is 16.9. The van der Waals surface area contributed by atoms with E-state index >= 15 is 0 Å². The summed E-state index contributed by atoms with van der Waals surface area (Å²) in [6.07, 6.45) is 0. The minimum absolute atomic E-state index is 0.0689. The minimum atomic E-state index is -0.142. The second kappa shape index (κ2) is 7.68. The molecule has 1 aromatic carbocycles. The van der Waals surface area contributed by atoms with Gasteiger partial charge in [-0.15, -0.1) is 11.3 Å². The van der Waals surface area contributed by atoms with Crippen molar-refractivity contribution < 1.29 is 9.90 Å². The third kappa shape index (κ3) is 3.88. The number of benzene rings is 1. The monoisotopic (exact) mass is 345 g/mol. The Hall–Kier alpha value is -2.05. The van der Waals surface area contributed by atoms with Crippen LogP contribution in [0.15, 0.2) is 41.8 Å². The van der Waals surface area contributed by atoms with Crippen molar-refractivity contribution in [1.29, 1.82) is 0 Å². The Morgan fingerprint density at radius 1 is 1.21 bits per heavy atom. The highest BCUT2D eigenvalue weighted by Crippen LogP contribution is 2.27. The highest BCUT2D eigenvalue weighted by Gasteiger charge is 2.26. The summed E-state index contributed by atoms with van der Waals surface area (Å²) in [5, 5.41) is 15.0. The summed E-state index contributed by atoms with van der Waals surface area (Å²) in [4.78, 5) is 17.9. The molecule has 1 fully saturated rings. The van der Waals surface area contributed by atoms with Crippen molar-refractivity contribution in [3.05, 3.63) is 46.7 Å². The Kier molecular flexibility index (Phi) is 5.37. The van der Waals surface area contributed by atoms with Gasteiger partial charge in [-0.05, 0) is 30.5 Å². The van der Waals surface area contributed by atoms with E-state index in [9.17, 15) is 9.90 Å². The summed E-state index contributed by atoms with van der Waals surface area (Å²) in [7, 11) is 0. The van der Waals surface area contributed by atoms with Gasteiger partial charge in [-0.3, -0.25) is 9.69 Å². The number of phenolic OH excluding ortho intramolecular Hbond substituents is 1. The maximum absolute atomic E-state index is 12.3. The normalized spacial score (nSPS) is 16.8. The number of thiophene rings is 1. The molecule has 0 radical (unpaired) electrons. The molecule has 128 valence electrons. The smallest absolute Gasteiger partial charge is 0.237 e. The van der Waals surface area contributed by atoms with Crippen LogP contribution < -0.4 is 10.2 Å². The maximum Gasteiger partial charge on any atom is 0.237 e. The zero-order valence-electron chi connectivity index (χ0n) is 13.8. The number of carbonyl (C=O) groups excluding carboxylic acids is 1. The first-order chi connectivity index (χ1) is 11.6. The maximum atomic E-state index is 12.3. The summed E-state index contributed by atoms with van der Waals surface area (Å²) >= 11 is 1.65. The van der Waals surface area contributed by atoms with Crippen LogP contribution in [-0.2, 0) is 11.3 Å². The highest BCUT2D eigenvalue weighted by atomic mass is 32.1. The van der Waals surface area contributed by atoms with Gasteiger partial charge in [0.25, 0.3) is 0 Å². The fourth-order valence-electron chi connectivity index (χ4n) is 2.98. The van der Waals surface area contributed by atoms with Gasteiger partial charge < -0.3 is 15.3 Å². The molecule has 0 unspecified atom stereocenters. The fourth-order valence-corrected chi connectivity index (χ4v) is 3.63. The lowest BCUT2D eigenvalue weighted by molar-refractivity contribution is -0.126. The van der Waals surface area contributed by atoms with Crippen LogP contribution >= 0.6 is 11.3 Å². The predicted molar refractivity (Wildman–Crippen MR) is 97.5 cm³/mol. The number of rotatable bonds is 5. The van der Waals surface area contributed by atoms with Gasteiger partial charge in [0.05, 0.1) is 18.3 Å². The molecule has 0 aliphatic carbocycles. The number of hydrogen-bond donors (Lipinski definition) is 2. The van der Waals surface area contributed by atoms with Gasteiger partial charge in [0.2, 0.25) is 5.91 Å². The second-order valence-electron chi connectivity index (χ2n) is 5.98. The molecule has 1 saturated heterocycles. The molecule has 5 nitrogen and oxygen atoms in total. The van der Waals surface area contributed by atoms with E-state index in [1.165, 1.54) is 4.88 Å². The second-order valence-corrected chi connectivity index (χ2v) is 7.02. The van der Waals surface area contributed by atoms with Crippen LogP contribution in [0.3, 0.4) is 0 Å². The average Bonchev–Trinajstić information content (AvgIpc) is 3.13. The Balaban J connectivity index is 1.50. The van der Waals surface area contributed by atoms with Crippen molar-refractivity contribution in [1.82, 2.24) is 10.2 Å². The van der Waals surface area contributed by atoms with Crippen LogP contribution in [0.4, 0.5) is 5.69 Å². The number of aromatic hydroxyl groups is 1. The van der Waals surface area contributed by atoms with Gasteiger partial charge in [-0.25, -0.2) is 0 Å². The molecule has 1 aliphatic heterocycles. The van der Waals surface area contributed by atoms with Crippen molar-refractivity contribution in [3.8, 4) is 5.75 Å². The molecule has 1 atom stereocenters. The summed E-state index contributed by atoms with van der Waals surface area (Å²) in [5.41, 5.74) is 0.868. The van der Waals surface area contributed by atoms with Crippen molar-refractivity contribution in [2.24, 2.45) is 0 Å². The third-order valence-corrected chi connectivity index (χ3v) is 5.36. The lowest BCUT2D eigenvalue weighted by atomic mass is 10.2. The lowest BCUT2D eigenvalue weighted by Gasteiger charge is -2.38. The molecular formula is C18H23N3O2S. The first kappa shape index (κ1) is 16.8. The van der Waals surface area contributed by atoms with E-state index in [2.05, 4.69) is 15.1 Å². The summed E-state index contributed by atoms with van der Waals surface area (Å²) < 4.78 is 0. The third-order valence-electron chi connectivity index (χ3n) is 4.48. The number of anilines is 1. The van der Waals surface area contributed by atoms with Crippen LogP contribution in [0.2, 0.25) is 0 Å². The number of nitrogens with one attached hydrogen (secondary N) is 1. The quantitative estimate of drug-likeness (QED) is 0.873. The Morgan fingerprint density at radius 2 is 1.96 bits per heavy atom. The SMILES string of the molecule is C[C@@H](C(=O)NCc1cccs1)N1CCN(c2ccccc2O)CC1. The molecule has 1 aliphatic rings. The Bertz CT molecular complexity index is 667. The van der Waals surface area contributed by atoms with Crippen LogP contribution in [0.5, 0.6) is 5.75 Å². The Morgan fingerprint density at radius 3 is 2.62 bits per heavy atom. The van der Waals surface area contributed by atoms with Gasteiger partial charge in [-0.2, -0.15) is 0 Å². The molecule has 0 spiro atoms. The van der Waals surface area contributed by atoms with E-state index < -0.39 is 0 Å².